The summed E-state index contributed by atoms with van der Waals surface area (Å²) in [5, 5.41) is 0. The van der Waals surface area contributed by atoms with E-state index in [4.69, 9.17) is 0 Å². The van der Waals surface area contributed by atoms with E-state index in [0.29, 0.717) is 0 Å². The van der Waals surface area contributed by atoms with E-state index in [1.807, 2.05) is 0 Å². The molecule has 0 aromatic heterocycles. The Labute approximate surface area is 134 Å². The summed E-state index contributed by atoms with van der Waals surface area (Å²) in [7, 11) is 0. The molecule has 0 bridgehead atoms. The van der Waals surface area contributed by atoms with Crippen LogP contribution in [0.1, 0.15) is 50.5 Å². The van der Waals surface area contributed by atoms with E-state index in [0.717, 1.165) is 5.92 Å². The predicted molar refractivity (Wildman–Crippen MR) is 93.1 cm³/mol. The molecule has 0 spiro atoms. The van der Waals surface area contributed by atoms with E-state index in [9.17, 15) is 0 Å². The normalized spacial score (nSPS) is 22.3. The van der Waals surface area contributed by atoms with E-state index < -0.39 is 0 Å². The van der Waals surface area contributed by atoms with Gasteiger partial charge in [-0.25, -0.2) is 0 Å². The van der Waals surface area contributed by atoms with Gasteiger partial charge in [0, 0.05) is 23.5 Å². The van der Waals surface area contributed by atoms with Crippen molar-refractivity contribution in [1.82, 2.24) is 4.90 Å². The largest absolute Gasteiger partial charge is 0.345 e. The lowest BCUT2D eigenvalue weighted by atomic mass is 9.82. The van der Waals surface area contributed by atoms with Crippen LogP contribution in [0.4, 0.5) is 0 Å². The minimum atomic E-state index is 0.877. The van der Waals surface area contributed by atoms with Crippen molar-refractivity contribution in [3.05, 3.63) is 65.5 Å². The van der Waals surface area contributed by atoms with E-state index in [-0.39, 0.29) is 0 Å². The van der Waals surface area contributed by atoms with E-state index in [1.54, 1.807) is 11.3 Å². The quantitative estimate of drug-likeness (QED) is 0.708. The first-order valence-electron chi connectivity index (χ1n) is 8.79. The van der Waals surface area contributed by atoms with Gasteiger partial charge in [-0.05, 0) is 61.7 Å². The Hall–Kier alpha value is -1.76. The number of nitrogens with zero attached hydrogens (tertiary/aromatic N) is 1. The summed E-state index contributed by atoms with van der Waals surface area (Å²) in [4.78, 5) is 2.57. The predicted octanol–water partition coefficient (Wildman–Crippen LogP) is 5.53. The molecule has 0 atom stereocenters. The fourth-order valence-electron chi connectivity index (χ4n) is 3.96. The Morgan fingerprint density at radius 2 is 1.77 bits per heavy atom. The van der Waals surface area contributed by atoms with Crippen molar-refractivity contribution in [3.63, 3.8) is 0 Å². The van der Waals surface area contributed by atoms with Crippen LogP contribution in [-0.2, 0) is 0 Å². The van der Waals surface area contributed by atoms with Gasteiger partial charge in [0.15, 0.2) is 0 Å². The van der Waals surface area contributed by atoms with Crippen LogP contribution in [0, 0.1) is 5.92 Å². The Morgan fingerprint density at radius 1 is 1.00 bits per heavy atom. The van der Waals surface area contributed by atoms with Gasteiger partial charge < -0.3 is 4.90 Å². The van der Waals surface area contributed by atoms with Gasteiger partial charge in [-0.3, -0.25) is 0 Å². The fraction of sp³-hybridized carbons (Fsp3) is 0.429. The monoisotopic (exact) mass is 291 g/mol. The third-order valence-corrected chi connectivity index (χ3v) is 5.51. The topological polar surface area (TPSA) is 3.24 Å². The molecule has 1 saturated carbocycles. The highest BCUT2D eigenvalue weighted by Gasteiger charge is 2.30. The molecule has 1 nitrogen and oxygen atoms in total. The number of benzene rings is 1. The lowest BCUT2D eigenvalue weighted by molar-refractivity contribution is 0.235. The maximum absolute atomic E-state index is 4.48. The molecule has 3 aliphatic rings. The van der Waals surface area contributed by atoms with Crippen LogP contribution >= 0.6 is 0 Å². The van der Waals surface area contributed by atoms with Crippen molar-refractivity contribution in [2.24, 2.45) is 5.92 Å². The van der Waals surface area contributed by atoms with Crippen molar-refractivity contribution in [3.8, 4) is 0 Å². The minimum Gasteiger partial charge on any atom is -0.345 e. The zero-order chi connectivity index (χ0) is 14.9. The van der Waals surface area contributed by atoms with E-state index in [1.165, 1.54) is 68.3 Å². The standard InChI is InChI=1S/C21H25N/c1-16-20(18-10-3-2-4-11-18)14-19-12-5-6-13-21(19)22(16)15-17-8-7-9-17/h2-4,10-11,14,17H,1,5-9,12-13,15H2. The molecule has 0 unspecified atom stereocenters. The van der Waals surface area contributed by atoms with Crippen molar-refractivity contribution < 1.29 is 0 Å². The second-order valence-corrected chi connectivity index (χ2v) is 6.96. The Kier molecular flexibility index (Phi) is 3.65. The van der Waals surface area contributed by atoms with Gasteiger partial charge >= 0.3 is 0 Å². The molecule has 22 heavy (non-hydrogen) atoms. The van der Waals surface area contributed by atoms with Gasteiger partial charge in [0.1, 0.15) is 0 Å². The molecular formula is C21H25N. The lowest BCUT2D eigenvalue weighted by Crippen LogP contribution is -2.34. The highest BCUT2D eigenvalue weighted by molar-refractivity contribution is 5.82. The highest BCUT2D eigenvalue weighted by atomic mass is 15.2. The maximum atomic E-state index is 4.48. The number of hydrogen-bond acceptors (Lipinski definition) is 1. The zero-order valence-corrected chi connectivity index (χ0v) is 13.4. The number of rotatable bonds is 3. The molecule has 0 N–H and O–H groups in total. The molecule has 1 aromatic carbocycles. The van der Waals surface area contributed by atoms with Gasteiger partial charge in [0.05, 0.1) is 0 Å². The first-order valence-corrected chi connectivity index (χ1v) is 8.79. The number of hydrogen-bond donors (Lipinski definition) is 0. The molecule has 2 aliphatic carbocycles. The van der Waals surface area contributed by atoms with Gasteiger partial charge in [-0.2, -0.15) is 0 Å². The SMILES string of the molecule is C=C1C(c2ccccc2)=CC2=C(CCCC2)N1CC1CCC1. The average molecular weight is 291 g/mol. The summed E-state index contributed by atoms with van der Waals surface area (Å²) in [6, 6.07) is 10.8. The Balaban J connectivity index is 1.71. The molecule has 1 heterocycles. The summed E-state index contributed by atoms with van der Waals surface area (Å²) in [5.74, 6) is 0.877. The highest BCUT2D eigenvalue weighted by Crippen LogP contribution is 2.42. The smallest absolute Gasteiger partial charge is 0.0415 e. The van der Waals surface area contributed by atoms with Crippen LogP contribution in [0.3, 0.4) is 0 Å². The van der Waals surface area contributed by atoms with E-state index in [2.05, 4.69) is 47.9 Å². The van der Waals surface area contributed by atoms with Gasteiger partial charge in [-0.15, -0.1) is 0 Å². The van der Waals surface area contributed by atoms with Crippen molar-refractivity contribution >= 4 is 5.57 Å². The van der Waals surface area contributed by atoms with Crippen molar-refractivity contribution in [2.75, 3.05) is 6.54 Å². The van der Waals surface area contributed by atoms with Crippen LogP contribution < -0.4 is 0 Å². The van der Waals surface area contributed by atoms with Gasteiger partial charge in [0.2, 0.25) is 0 Å². The van der Waals surface area contributed by atoms with Crippen LogP contribution in [-0.4, -0.2) is 11.4 Å². The minimum absolute atomic E-state index is 0.877. The molecule has 1 fully saturated rings. The van der Waals surface area contributed by atoms with Crippen molar-refractivity contribution in [1.29, 1.82) is 0 Å². The van der Waals surface area contributed by atoms with Gasteiger partial charge in [0.25, 0.3) is 0 Å². The van der Waals surface area contributed by atoms with Crippen LogP contribution in [0.15, 0.2) is 60.0 Å². The van der Waals surface area contributed by atoms with Crippen molar-refractivity contribution in [2.45, 2.75) is 44.9 Å². The molecule has 0 radical (unpaired) electrons. The fourth-order valence-corrected chi connectivity index (χ4v) is 3.96. The summed E-state index contributed by atoms with van der Waals surface area (Å²) in [5.41, 5.74) is 7.00. The molecule has 4 rings (SSSR count). The molecule has 0 saturated heterocycles. The van der Waals surface area contributed by atoms with E-state index >= 15 is 0 Å². The van der Waals surface area contributed by atoms with Crippen LogP contribution in [0.25, 0.3) is 5.57 Å². The summed E-state index contributed by atoms with van der Waals surface area (Å²) >= 11 is 0. The second-order valence-electron chi connectivity index (χ2n) is 6.96. The number of allylic oxidation sites excluding steroid dienone is 4. The lowest BCUT2D eigenvalue weighted by Gasteiger charge is -2.41. The molecule has 1 heteroatoms. The molecule has 1 aromatic rings. The molecule has 114 valence electrons. The molecular weight excluding hydrogens is 266 g/mol. The molecule has 0 amide bonds. The molecule has 1 aliphatic heterocycles. The summed E-state index contributed by atoms with van der Waals surface area (Å²) in [6.07, 6.45) is 11.8. The maximum Gasteiger partial charge on any atom is 0.0415 e. The van der Waals surface area contributed by atoms with Crippen LogP contribution in [0.5, 0.6) is 0 Å². The third-order valence-electron chi connectivity index (χ3n) is 5.51. The first-order chi connectivity index (χ1) is 10.8. The van der Waals surface area contributed by atoms with Gasteiger partial charge in [-0.1, -0.05) is 43.3 Å². The van der Waals surface area contributed by atoms with Crippen LogP contribution in [0.2, 0.25) is 0 Å². The summed E-state index contributed by atoms with van der Waals surface area (Å²) in [6.45, 7) is 5.66. The zero-order valence-electron chi connectivity index (χ0n) is 13.4. The second kappa shape index (κ2) is 5.79. The Morgan fingerprint density at radius 3 is 2.50 bits per heavy atom. The third kappa shape index (κ3) is 2.43. The Bertz CT molecular complexity index is 631. The first kappa shape index (κ1) is 13.9. The average Bonchev–Trinajstić information content (AvgIpc) is 2.53. The summed E-state index contributed by atoms with van der Waals surface area (Å²) < 4.78 is 0.